The third-order valence-corrected chi connectivity index (χ3v) is 3.64. The quantitative estimate of drug-likeness (QED) is 0.671. The van der Waals surface area contributed by atoms with Gasteiger partial charge in [-0.15, -0.1) is 0 Å². The van der Waals surface area contributed by atoms with Crippen molar-refractivity contribution in [2.75, 3.05) is 24.9 Å². The van der Waals surface area contributed by atoms with Crippen molar-refractivity contribution in [3.8, 4) is 11.5 Å². The second-order valence-corrected chi connectivity index (χ2v) is 5.53. The van der Waals surface area contributed by atoms with Crippen LogP contribution in [0.4, 0.5) is 23.1 Å². The van der Waals surface area contributed by atoms with E-state index in [1.54, 1.807) is 26.5 Å². The molecule has 6 nitrogen and oxygen atoms in total. The highest BCUT2D eigenvalue weighted by Gasteiger charge is 2.08. The number of ether oxygens (including phenoxy) is 2. The van der Waals surface area contributed by atoms with Gasteiger partial charge in [-0.2, -0.15) is 4.98 Å². The fourth-order valence-electron chi connectivity index (χ4n) is 2.23. The van der Waals surface area contributed by atoms with Gasteiger partial charge in [-0.1, -0.05) is 17.7 Å². The lowest BCUT2D eigenvalue weighted by molar-refractivity contribution is 0.405. The maximum atomic E-state index is 6.00. The average Bonchev–Trinajstić information content (AvgIpc) is 2.62. The van der Waals surface area contributed by atoms with Gasteiger partial charge in [-0.25, -0.2) is 4.98 Å². The molecule has 3 rings (SSSR count). The van der Waals surface area contributed by atoms with Crippen LogP contribution in [0.15, 0.2) is 54.7 Å². The van der Waals surface area contributed by atoms with Gasteiger partial charge in [0, 0.05) is 23.0 Å². The largest absolute Gasteiger partial charge is 0.497 e. The van der Waals surface area contributed by atoms with Gasteiger partial charge >= 0.3 is 0 Å². The van der Waals surface area contributed by atoms with Crippen molar-refractivity contribution in [1.82, 2.24) is 9.97 Å². The molecule has 0 atom stereocenters. The lowest BCUT2D eigenvalue weighted by Gasteiger charge is -2.12. The molecular weight excluding hydrogens is 340 g/mol. The van der Waals surface area contributed by atoms with E-state index < -0.39 is 0 Å². The average molecular weight is 357 g/mol. The van der Waals surface area contributed by atoms with Crippen LogP contribution in [0, 0.1) is 0 Å². The first-order valence-corrected chi connectivity index (χ1v) is 7.90. The summed E-state index contributed by atoms with van der Waals surface area (Å²) in [5.74, 6) is 2.44. The zero-order chi connectivity index (χ0) is 17.6. The first-order chi connectivity index (χ1) is 12.2. The van der Waals surface area contributed by atoms with Crippen LogP contribution in [0.1, 0.15) is 0 Å². The van der Waals surface area contributed by atoms with Crippen LogP contribution in [0.2, 0.25) is 5.02 Å². The zero-order valence-electron chi connectivity index (χ0n) is 13.8. The van der Waals surface area contributed by atoms with E-state index in [9.17, 15) is 0 Å². The Bertz CT molecular complexity index is 873. The smallest absolute Gasteiger partial charge is 0.229 e. The van der Waals surface area contributed by atoms with E-state index >= 15 is 0 Å². The number of nitrogens with zero attached hydrogens (tertiary/aromatic N) is 2. The second-order valence-electron chi connectivity index (χ2n) is 5.09. The Morgan fingerprint density at radius 1 is 0.960 bits per heavy atom. The van der Waals surface area contributed by atoms with Gasteiger partial charge in [-0.3, -0.25) is 0 Å². The molecule has 0 saturated heterocycles. The number of aromatic nitrogens is 2. The fourth-order valence-corrected chi connectivity index (χ4v) is 2.43. The Morgan fingerprint density at radius 3 is 2.60 bits per heavy atom. The topological polar surface area (TPSA) is 68.3 Å². The van der Waals surface area contributed by atoms with E-state index in [-0.39, 0.29) is 0 Å². The molecular formula is C18H17ClN4O2. The van der Waals surface area contributed by atoms with E-state index in [1.165, 1.54) is 0 Å². The zero-order valence-corrected chi connectivity index (χ0v) is 14.5. The highest BCUT2D eigenvalue weighted by molar-refractivity contribution is 6.30. The van der Waals surface area contributed by atoms with Crippen molar-refractivity contribution in [3.63, 3.8) is 0 Å². The number of nitrogens with one attached hydrogen (secondary N) is 2. The Labute approximate surface area is 150 Å². The lowest BCUT2D eigenvalue weighted by atomic mass is 10.2. The number of hydrogen-bond acceptors (Lipinski definition) is 6. The highest BCUT2D eigenvalue weighted by Crippen LogP contribution is 2.31. The monoisotopic (exact) mass is 356 g/mol. The molecule has 1 aromatic heterocycles. The summed E-state index contributed by atoms with van der Waals surface area (Å²) in [5, 5.41) is 6.98. The standard InChI is InChI=1S/C18H17ClN4O2/c1-24-14-6-7-16(25-2)15(11-14)22-18-20-9-8-17(23-18)21-13-5-3-4-12(19)10-13/h3-11H,1-2H3,(H2,20,21,22,23). The number of rotatable bonds is 6. The summed E-state index contributed by atoms with van der Waals surface area (Å²) in [6.07, 6.45) is 1.66. The second kappa shape index (κ2) is 7.72. The molecule has 25 heavy (non-hydrogen) atoms. The maximum absolute atomic E-state index is 6.00. The van der Waals surface area contributed by atoms with E-state index in [0.29, 0.717) is 34.0 Å². The Morgan fingerprint density at radius 2 is 1.84 bits per heavy atom. The van der Waals surface area contributed by atoms with Gasteiger partial charge < -0.3 is 20.1 Å². The number of halogens is 1. The van der Waals surface area contributed by atoms with E-state index in [0.717, 1.165) is 5.69 Å². The van der Waals surface area contributed by atoms with Crippen LogP contribution >= 0.6 is 11.6 Å². The molecule has 3 aromatic rings. The van der Waals surface area contributed by atoms with Crippen molar-refractivity contribution < 1.29 is 9.47 Å². The van der Waals surface area contributed by atoms with Gasteiger partial charge in [0.2, 0.25) is 5.95 Å². The highest BCUT2D eigenvalue weighted by atomic mass is 35.5. The summed E-state index contributed by atoms with van der Waals surface area (Å²) in [6, 6.07) is 14.6. The van der Waals surface area contributed by atoms with E-state index in [1.807, 2.05) is 42.5 Å². The minimum absolute atomic E-state index is 0.429. The number of anilines is 4. The molecule has 0 radical (unpaired) electrons. The number of benzene rings is 2. The SMILES string of the molecule is COc1ccc(OC)c(Nc2nccc(Nc3cccc(Cl)c3)n2)c1. The molecule has 2 aromatic carbocycles. The number of hydrogen-bond donors (Lipinski definition) is 2. The molecule has 1 heterocycles. The van der Waals surface area contributed by atoms with Crippen molar-refractivity contribution in [3.05, 3.63) is 59.8 Å². The van der Waals surface area contributed by atoms with Crippen LogP contribution in [0.25, 0.3) is 0 Å². The molecule has 0 amide bonds. The van der Waals surface area contributed by atoms with E-state index in [4.69, 9.17) is 21.1 Å². The molecule has 7 heteroatoms. The van der Waals surface area contributed by atoms with Gasteiger partial charge in [0.1, 0.15) is 17.3 Å². The Balaban J connectivity index is 1.82. The third-order valence-electron chi connectivity index (χ3n) is 3.41. The van der Waals surface area contributed by atoms with Crippen molar-refractivity contribution in [1.29, 1.82) is 0 Å². The molecule has 0 fully saturated rings. The predicted octanol–water partition coefficient (Wildman–Crippen LogP) is 4.63. The molecule has 0 aliphatic rings. The predicted molar refractivity (Wildman–Crippen MR) is 99.6 cm³/mol. The summed E-state index contributed by atoms with van der Waals surface area (Å²) in [6.45, 7) is 0. The van der Waals surface area contributed by atoms with Crippen LogP contribution in [-0.2, 0) is 0 Å². The van der Waals surface area contributed by atoms with Crippen molar-refractivity contribution >= 4 is 34.7 Å². The molecule has 0 saturated carbocycles. The fraction of sp³-hybridized carbons (Fsp3) is 0.111. The van der Waals surface area contributed by atoms with Gasteiger partial charge in [0.05, 0.1) is 19.9 Å². The summed E-state index contributed by atoms with van der Waals surface area (Å²) in [5.41, 5.74) is 1.55. The Kier molecular flexibility index (Phi) is 5.20. The van der Waals surface area contributed by atoms with Crippen molar-refractivity contribution in [2.45, 2.75) is 0 Å². The van der Waals surface area contributed by atoms with Gasteiger partial charge in [0.25, 0.3) is 0 Å². The minimum Gasteiger partial charge on any atom is -0.497 e. The van der Waals surface area contributed by atoms with Gasteiger partial charge in [-0.05, 0) is 36.4 Å². The molecule has 2 N–H and O–H groups in total. The van der Waals surface area contributed by atoms with Crippen molar-refractivity contribution in [2.24, 2.45) is 0 Å². The molecule has 128 valence electrons. The third kappa shape index (κ3) is 4.30. The summed E-state index contributed by atoms with van der Waals surface area (Å²) in [4.78, 5) is 8.69. The lowest BCUT2D eigenvalue weighted by Crippen LogP contribution is -2.02. The molecule has 0 bridgehead atoms. The van der Waals surface area contributed by atoms with Crippen LogP contribution in [0.3, 0.4) is 0 Å². The summed E-state index contributed by atoms with van der Waals surface area (Å²) in [7, 11) is 3.21. The Hall–Kier alpha value is -2.99. The molecule has 0 aliphatic heterocycles. The normalized spacial score (nSPS) is 10.2. The number of methoxy groups -OCH3 is 2. The molecule has 0 unspecified atom stereocenters. The maximum Gasteiger partial charge on any atom is 0.229 e. The van der Waals surface area contributed by atoms with Crippen LogP contribution in [-0.4, -0.2) is 24.2 Å². The molecule has 0 aliphatic carbocycles. The summed E-state index contributed by atoms with van der Waals surface area (Å²) < 4.78 is 10.6. The minimum atomic E-state index is 0.429. The van der Waals surface area contributed by atoms with Crippen LogP contribution < -0.4 is 20.1 Å². The van der Waals surface area contributed by atoms with E-state index in [2.05, 4.69) is 20.6 Å². The summed E-state index contributed by atoms with van der Waals surface area (Å²) >= 11 is 6.00. The molecule has 0 spiro atoms. The first-order valence-electron chi connectivity index (χ1n) is 7.52. The first kappa shape index (κ1) is 16.9. The van der Waals surface area contributed by atoms with Crippen LogP contribution in [0.5, 0.6) is 11.5 Å². The van der Waals surface area contributed by atoms with Gasteiger partial charge in [0.15, 0.2) is 0 Å².